The minimum absolute atomic E-state index is 0.120. The second kappa shape index (κ2) is 13.4. The first-order chi connectivity index (χ1) is 13.5. The molecule has 0 saturated carbocycles. The summed E-state index contributed by atoms with van der Waals surface area (Å²) in [4.78, 5) is 48.3. The highest BCUT2D eigenvalue weighted by Gasteiger charge is 2.32. The quantitative estimate of drug-likeness (QED) is 0.215. The molecular formula is C18H34N4O6S. The van der Waals surface area contributed by atoms with E-state index in [0.717, 1.165) is 0 Å². The maximum absolute atomic E-state index is 12.7. The van der Waals surface area contributed by atoms with Gasteiger partial charge in [-0.15, -0.1) is 0 Å². The van der Waals surface area contributed by atoms with Gasteiger partial charge in [-0.3, -0.25) is 19.2 Å². The van der Waals surface area contributed by atoms with E-state index < -0.39 is 54.0 Å². The Morgan fingerprint density at radius 1 is 1.00 bits per heavy atom. The summed E-state index contributed by atoms with van der Waals surface area (Å²) in [5.41, 5.74) is 5.87. The van der Waals surface area contributed by atoms with Crippen molar-refractivity contribution in [2.45, 2.75) is 70.8 Å². The number of amides is 3. The van der Waals surface area contributed by atoms with Crippen LogP contribution in [0.25, 0.3) is 0 Å². The van der Waals surface area contributed by atoms with Crippen molar-refractivity contribution in [1.82, 2.24) is 16.0 Å². The molecule has 0 aromatic rings. The number of aliphatic hydroxyl groups is 1. The third-order valence-corrected chi connectivity index (χ3v) is 5.24. The van der Waals surface area contributed by atoms with Gasteiger partial charge in [-0.2, -0.15) is 11.8 Å². The topological polar surface area (TPSA) is 171 Å². The third kappa shape index (κ3) is 9.46. The maximum Gasteiger partial charge on any atom is 0.325 e. The number of hydrogen-bond donors (Lipinski definition) is 6. The van der Waals surface area contributed by atoms with Crippen LogP contribution in [0.1, 0.15) is 40.5 Å². The predicted octanol–water partition coefficient (Wildman–Crippen LogP) is -0.947. The lowest BCUT2D eigenvalue weighted by Gasteiger charge is -2.27. The molecule has 0 aromatic carbocycles. The van der Waals surface area contributed by atoms with Crippen molar-refractivity contribution in [1.29, 1.82) is 0 Å². The first-order valence-corrected chi connectivity index (χ1v) is 10.9. The van der Waals surface area contributed by atoms with Crippen LogP contribution in [0.2, 0.25) is 0 Å². The SMILES string of the molecule is CCC(C)C(N)C(=O)NC(C(=O)NC(CCSC)C(=O)NC(C)C(=O)O)C(C)O. The van der Waals surface area contributed by atoms with E-state index in [1.54, 1.807) is 6.92 Å². The minimum atomic E-state index is -1.31. The zero-order valence-corrected chi connectivity index (χ0v) is 18.4. The lowest BCUT2D eigenvalue weighted by atomic mass is 9.98. The fraction of sp³-hybridized carbons (Fsp3) is 0.778. The molecule has 6 atom stereocenters. The Morgan fingerprint density at radius 2 is 1.59 bits per heavy atom. The van der Waals surface area contributed by atoms with Gasteiger partial charge in [-0.05, 0) is 38.2 Å². The highest BCUT2D eigenvalue weighted by molar-refractivity contribution is 7.98. The number of carbonyl (C=O) groups is 4. The zero-order chi connectivity index (χ0) is 22.7. The predicted molar refractivity (Wildman–Crippen MR) is 111 cm³/mol. The van der Waals surface area contributed by atoms with Crippen LogP contribution < -0.4 is 21.7 Å². The maximum atomic E-state index is 12.7. The van der Waals surface area contributed by atoms with Gasteiger partial charge in [0.05, 0.1) is 12.1 Å². The number of hydrogen-bond acceptors (Lipinski definition) is 7. The number of aliphatic carboxylic acids is 1. The van der Waals surface area contributed by atoms with Crippen LogP contribution >= 0.6 is 11.8 Å². The van der Waals surface area contributed by atoms with Gasteiger partial charge in [0.2, 0.25) is 17.7 Å². The van der Waals surface area contributed by atoms with E-state index in [2.05, 4.69) is 16.0 Å². The molecule has 0 aliphatic heterocycles. The molecule has 11 heteroatoms. The molecule has 0 aromatic heterocycles. The van der Waals surface area contributed by atoms with Crippen LogP contribution in [-0.2, 0) is 19.2 Å². The number of carboxylic acids is 1. The van der Waals surface area contributed by atoms with Crippen molar-refractivity contribution in [2.75, 3.05) is 12.0 Å². The molecule has 0 heterocycles. The molecule has 10 nitrogen and oxygen atoms in total. The molecular weight excluding hydrogens is 400 g/mol. The number of thioether (sulfide) groups is 1. The molecule has 0 bridgehead atoms. The summed E-state index contributed by atoms with van der Waals surface area (Å²) in [6.07, 6.45) is 1.51. The Balaban J connectivity index is 5.25. The Morgan fingerprint density at radius 3 is 2.03 bits per heavy atom. The standard InChI is InChI=1S/C18H34N4O6S/c1-6-9(2)13(19)16(25)22-14(11(4)23)17(26)21-12(7-8-29-5)15(24)20-10(3)18(27)28/h9-14,23H,6-8,19H2,1-5H3,(H,20,24)(H,21,26)(H,22,25)(H,27,28). The van der Waals surface area contributed by atoms with Crippen molar-refractivity contribution >= 4 is 35.5 Å². The van der Waals surface area contributed by atoms with Gasteiger partial charge >= 0.3 is 5.97 Å². The van der Waals surface area contributed by atoms with E-state index >= 15 is 0 Å². The monoisotopic (exact) mass is 434 g/mol. The van der Waals surface area contributed by atoms with Gasteiger partial charge in [-0.25, -0.2) is 0 Å². The molecule has 6 unspecified atom stereocenters. The highest BCUT2D eigenvalue weighted by Crippen LogP contribution is 2.07. The van der Waals surface area contributed by atoms with Gasteiger partial charge in [0.25, 0.3) is 0 Å². The summed E-state index contributed by atoms with van der Waals surface area (Å²) in [7, 11) is 0. The zero-order valence-electron chi connectivity index (χ0n) is 17.6. The molecule has 0 spiro atoms. The Bertz CT molecular complexity index is 575. The molecule has 29 heavy (non-hydrogen) atoms. The number of carbonyl (C=O) groups excluding carboxylic acids is 3. The molecule has 3 amide bonds. The second-order valence-corrected chi connectivity index (χ2v) is 8.03. The van der Waals surface area contributed by atoms with Gasteiger partial charge in [0.1, 0.15) is 18.1 Å². The summed E-state index contributed by atoms with van der Waals surface area (Å²) < 4.78 is 0. The number of rotatable bonds is 13. The van der Waals surface area contributed by atoms with E-state index in [-0.39, 0.29) is 12.3 Å². The average Bonchev–Trinajstić information content (AvgIpc) is 2.66. The van der Waals surface area contributed by atoms with Crippen molar-refractivity contribution in [2.24, 2.45) is 11.7 Å². The number of nitrogens with two attached hydrogens (primary N) is 1. The van der Waals surface area contributed by atoms with E-state index in [1.165, 1.54) is 25.6 Å². The Kier molecular flexibility index (Phi) is 12.5. The largest absolute Gasteiger partial charge is 0.480 e. The number of carboxylic acid groups (broad SMARTS) is 1. The summed E-state index contributed by atoms with van der Waals surface area (Å²) in [6.45, 7) is 6.32. The van der Waals surface area contributed by atoms with Crippen LogP contribution in [0.4, 0.5) is 0 Å². The molecule has 0 saturated heterocycles. The normalized spacial score (nSPS) is 17.2. The van der Waals surface area contributed by atoms with Gasteiger partial charge < -0.3 is 31.9 Å². The van der Waals surface area contributed by atoms with Crippen molar-refractivity contribution in [3.8, 4) is 0 Å². The fourth-order valence-corrected chi connectivity index (χ4v) is 2.78. The van der Waals surface area contributed by atoms with Gasteiger partial charge in [0, 0.05) is 0 Å². The number of aliphatic hydroxyl groups excluding tert-OH is 1. The average molecular weight is 435 g/mol. The Hall–Kier alpha value is -1.85. The van der Waals surface area contributed by atoms with Crippen molar-refractivity contribution in [3.05, 3.63) is 0 Å². The molecule has 0 rings (SSSR count). The van der Waals surface area contributed by atoms with Crippen LogP contribution in [0.15, 0.2) is 0 Å². The van der Waals surface area contributed by atoms with E-state index in [4.69, 9.17) is 10.8 Å². The number of nitrogens with one attached hydrogen (secondary N) is 3. The summed E-state index contributed by atoms with van der Waals surface area (Å²) in [6, 6.07) is -4.30. The molecule has 0 aliphatic rings. The second-order valence-electron chi connectivity index (χ2n) is 7.05. The third-order valence-electron chi connectivity index (χ3n) is 4.60. The highest BCUT2D eigenvalue weighted by atomic mass is 32.2. The van der Waals surface area contributed by atoms with Crippen molar-refractivity contribution in [3.63, 3.8) is 0 Å². The smallest absolute Gasteiger partial charge is 0.325 e. The molecule has 7 N–H and O–H groups in total. The first kappa shape index (κ1) is 27.1. The van der Waals surface area contributed by atoms with E-state index in [0.29, 0.717) is 12.2 Å². The van der Waals surface area contributed by atoms with Gasteiger partial charge in [0.15, 0.2) is 0 Å². The molecule has 0 aliphatic carbocycles. The van der Waals surface area contributed by atoms with Gasteiger partial charge in [-0.1, -0.05) is 20.3 Å². The summed E-state index contributed by atoms with van der Waals surface area (Å²) in [5.74, 6) is -2.79. The van der Waals surface area contributed by atoms with E-state index in [9.17, 15) is 24.3 Å². The molecule has 0 radical (unpaired) electrons. The lowest BCUT2D eigenvalue weighted by Crippen LogP contribution is -2.60. The van der Waals surface area contributed by atoms with E-state index in [1.807, 2.05) is 13.2 Å². The molecule has 168 valence electrons. The van der Waals surface area contributed by atoms with Crippen molar-refractivity contribution < 1.29 is 29.4 Å². The van der Waals surface area contributed by atoms with Crippen LogP contribution in [0.3, 0.4) is 0 Å². The first-order valence-electron chi connectivity index (χ1n) is 9.52. The Labute approximate surface area is 175 Å². The van der Waals surface area contributed by atoms with Crippen LogP contribution in [-0.4, -0.2) is 76.2 Å². The van der Waals surface area contributed by atoms with Crippen LogP contribution in [0, 0.1) is 5.92 Å². The summed E-state index contributed by atoms with van der Waals surface area (Å²) in [5, 5.41) is 26.1. The fourth-order valence-electron chi connectivity index (χ4n) is 2.31. The lowest BCUT2D eigenvalue weighted by molar-refractivity contribution is -0.142. The molecule has 0 fully saturated rings. The minimum Gasteiger partial charge on any atom is -0.480 e. The van der Waals surface area contributed by atoms with Crippen LogP contribution in [0.5, 0.6) is 0 Å². The summed E-state index contributed by atoms with van der Waals surface area (Å²) >= 11 is 1.45.